The lowest BCUT2D eigenvalue weighted by atomic mass is 10.0. The number of halogens is 3. The van der Waals surface area contributed by atoms with Crippen LogP contribution < -0.4 is 36.9 Å². The van der Waals surface area contributed by atoms with Crippen LogP contribution >= 0.6 is 11.6 Å². The van der Waals surface area contributed by atoms with E-state index >= 15 is 0 Å². The number of nitrogens with one attached hydrogen (secondary N) is 3. The molecule has 4 heterocycles. The van der Waals surface area contributed by atoms with Gasteiger partial charge in [0.2, 0.25) is 43.5 Å². The quantitative estimate of drug-likeness (QED) is 0.0372. The maximum atomic E-state index is 13.7. The third kappa shape index (κ3) is 15.1. The maximum Gasteiger partial charge on any atom is 0.224 e. The van der Waals surface area contributed by atoms with Crippen LogP contribution in [-0.4, -0.2) is 151 Å². The smallest absolute Gasteiger partial charge is 0.224 e. The summed E-state index contributed by atoms with van der Waals surface area (Å²) in [4.78, 5) is 42.4. The number of hydrogen-bond donors (Lipinski definition) is 6. The number of carbonyl (C=O) groups is 2. The van der Waals surface area contributed by atoms with Crippen LogP contribution in [0.25, 0.3) is 0 Å². The van der Waals surface area contributed by atoms with Gasteiger partial charge in [-0.3, -0.25) is 9.59 Å². The zero-order valence-corrected chi connectivity index (χ0v) is 41.1. The van der Waals surface area contributed by atoms with E-state index in [0.29, 0.717) is 77.1 Å². The molecule has 2 aliphatic heterocycles. The Hall–Kier alpha value is -5.37. The summed E-state index contributed by atoms with van der Waals surface area (Å²) in [5.74, 6) is -1.12. The number of aliphatic hydroxyl groups excluding tert-OH is 1. The molecular weight excluding hydrogens is 964 g/mol. The first kappa shape index (κ1) is 54.6. The number of nitrogen functional groups attached to an aromatic ring is 2. The molecule has 0 amide bonds. The standard InChI is InChI=1S/C24H35FN6O5S.C20H25ClFN5O4S/c1-3-17(15-32)27-9-4-12-37(34,35)31-10-7-18(8-11-31)29-24-28-14-20(23(26)30-24)22(33)19-13-16(25)5-6-21(19)36-2;1-31-17-4-3-13(22)11-15(17)18(28)16-12-24-20(26-19(16)23)25-14-5-8-27(9-6-14)32(29,30)10-2-7-21/h5-6,13-14,17-18,27,32H,3-4,7-12,15H2,1-2H3,(H3,26,28,29,30);3-4,11-12,14H,2,5-10H2,1H3,(H3,23,24,25,26)/t17-;/m1./s1. The number of ether oxygens (including phenoxy) is 2. The SMILES string of the molecule is CC[C@H](CO)NCCCS(=O)(=O)N1CCC(Nc2ncc(C(=O)c3cc(F)ccc3OC)c(N)n2)CC1.COc1ccc(F)cc1C(=O)c1cnc(NC2CCN(S(=O)(=O)CCCCl)CC2)nc1N. The Labute approximate surface area is 406 Å². The Morgan fingerprint density at radius 1 is 0.754 bits per heavy atom. The number of sulfonamides is 2. The predicted molar refractivity (Wildman–Crippen MR) is 259 cm³/mol. The van der Waals surface area contributed by atoms with Gasteiger partial charge < -0.3 is 42.0 Å². The maximum absolute atomic E-state index is 13.7. The van der Waals surface area contributed by atoms with Crippen molar-refractivity contribution >= 4 is 66.7 Å². The normalized spacial score (nSPS) is 15.7. The molecule has 20 nitrogen and oxygen atoms in total. The van der Waals surface area contributed by atoms with Crippen molar-refractivity contribution in [2.45, 2.75) is 70.0 Å². The molecule has 2 saturated heterocycles. The predicted octanol–water partition coefficient (Wildman–Crippen LogP) is 3.67. The molecule has 0 saturated carbocycles. The molecule has 0 radical (unpaired) electrons. The van der Waals surface area contributed by atoms with Crippen molar-refractivity contribution in [1.29, 1.82) is 0 Å². The van der Waals surface area contributed by atoms with E-state index in [1.807, 2.05) is 6.92 Å². The van der Waals surface area contributed by atoms with E-state index in [-0.39, 0.29) is 93.5 Å². The number of alkyl halides is 1. The highest BCUT2D eigenvalue weighted by atomic mass is 35.5. The van der Waals surface area contributed by atoms with Gasteiger partial charge in [-0.05, 0) is 87.9 Å². The second kappa shape index (κ2) is 25.5. The topological polar surface area (TPSA) is 287 Å². The molecule has 0 aliphatic carbocycles. The molecule has 2 aliphatic rings. The summed E-state index contributed by atoms with van der Waals surface area (Å²) in [5, 5.41) is 18.6. The second-order valence-electron chi connectivity index (χ2n) is 16.2. The van der Waals surface area contributed by atoms with Gasteiger partial charge in [-0.2, -0.15) is 9.97 Å². The van der Waals surface area contributed by atoms with E-state index < -0.39 is 43.2 Å². The van der Waals surface area contributed by atoms with E-state index in [4.69, 9.17) is 32.5 Å². The lowest BCUT2D eigenvalue weighted by molar-refractivity contribution is 0.102. The summed E-state index contributed by atoms with van der Waals surface area (Å²) in [5.41, 5.74) is 12.1. The lowest BCUT2D eigenvalue weighted by Gasteiger charge is -2.31. The van der Waals surface area contributed by atoms with Crippen LogP contribution in [0, 0.1) is 11.6 Å². The number of rotatable bonds is 22. The van der Waals surface area contributed by atoms with Crippen molar-refractivity contribution in [3.05, 3.63) is 82.7 Å². The highest BCUT2D eigenvalue weighted by Gasteiger charge is 2.30. The number of carbonyl (C=O) groups excluding carboxylic acids is 2. The molecule has 69 heavy (non-hydrogen) atoms. The highest BCUT2D eigenvalue weighted by molar-refractivity contribution is 7.89. The Morgan fingerprint density at radius 2 is 1.17 bits per heavy atom. The molecule has 25 heteroatoms. The number of hydrogen-bond acceptors (Lipinski definition) is 18. The summed E-state index contributed by atoms with van der Waals surface area (Å²) in [7, 11) is -3.91. The first-order valence-corrected chi connectivity index (χ1v) is 26.1. The zero-order valence-electron chi connectivity index (χ0n) is 38.7. The molecule has 0 bridgehead atoms. The molecule has 1 atom stereocenters. The number of benzene rings is 2. The summed E-state index contributed by atoms with van der Waals surface area (Å²) in [6.07, 6.45) is 6.50. The fourth-order valence-electron chi connectivity index (χ4n) is 7.60. The molecule has 0 spiro atoms. The Balaban J connectivity index is 0.000000260. The van der Waals surface area contributed by atoms with Gasteiger partial charge in [0.05, 0.1) is 54.6 Å². The van der Waals surface area contributed by atoms with Crippen molar-refractivity contribution in [3.8, 4) is 11.5 Å². The Morgan fingerprint density at radius 3 is 1.54 bits per heavy atom. The lowest BCUT2D eigenvalue weighted by Crippen LogP contribution is -2.44. The van der Waals surface area contributed by atoms with Gasteiger partial charge in [0.15, 0.2) is 0 Å². The molecule has 4 aromatic rings. The van der Waals surface area contributed by atoms with Gasteiger partial charge in [0.1, 0.15) is 34.8 Å². The van der Waals surface area contributed by atoms with Gasteiger partial charge in [0, 0.05) is 62.6 Å². The first-order valence-electron chi connectivity index (χ1n) is 22.3. The Bertz CT molecular complexity index is 2600. The van der Waals surface area contributed by atoms with Crippen LogP contribution in [0.3, 0.4) is 0 Å². The molecule has 378 valence electrons. The van der Waals surface area contributed by atoms with Crippen molar-refractivity contribution in [2.24, 2.45) is 0 Å². The molecule has 2 aromatic heterocycles. The van der Waals surface area contributed by atoms with Gasteiger partial charge in [0.25, 0.3) is 0 Å². The van der Waals surface area contributed by atoms with Crippen molar-refractivity contribution in [2.75, 3.05) is 93.0 Å². The molecule has 0 unspecified atom stereocenters. The number of nitrogens with zero attached hydrogens (tertiary/aromatic N) is 6. The first-order chi connectivity index (χ1) is 32.9. The largest absolute Gasteiger partial charge is 0.496 e. The van der Waals surface area contributed by atoms with E-state index in [1.54, 1.807) is 0 Å². The van der Waals surface area contributed by atoms with Gasteiger partial charge in [-0.1, -0.05) is 6.92 Å². The minimum atomic E-state index is -3.37. The molecule has 2 fully saturated rings. The average molecular weight is 1020 g/mol. The minimum absolute atomic E-state index is 0.0152. The third-order valence-corrected chi connectivity index (χ3v) is 15.7. The summed E-state index contributed by atoms with van der Waals surface area (Å²) < 4.78 is 90.5. The van der Waals surface area contributed by atoms with Crippen LogP contribution in [0.4, 0.5) is 32.3 Å². The summed E-state index contributed by atoms with van der Waals surface area (Å²) in [6.45, 7) is 4.02. The number of aromatic nitrogens is 4. The summed E-state index contributed by atoms with van der Waals surface area (Å²) in [6, 6.07) is 7.12. The number of ketones is 2. The fourth-order valence-corrected chi connectivity index (χ4v) is 11.0. The van der Waals surface area contributed by atoms with E-state index in [0.717, 1.165) is 18.6 Å². The number of aliphatic hydroxyl groups is 1. The van der Waals surface area contributed by atoms with Gasteiger partial charge in [-0.15, -0.1) is 11.6 Å². The number of piperidine rings is 2. The van der Waals surface area contributed by atoms with Crippen LogP contribution in [0.5, 0.6) is 11.5 Å². The van der Waals surface area contributed by atoms with Crippen molar-refractivity contribution < 1.29 is 49.8 Å². The Kier molecular flexibility index (Phi) is 20.1. The highest BCUT2D eigenvalue weighted by Crippen LogP contribution is 2.27. The van der Waals surface area contributed by atoms with E-state index in [1.165, 1.54) is 59.5 Å². The monoisotopic (exact) mass is 1020 g/mol. The molecule has 6 rings (SSSR count). The molecule has 2 aromatic carbocycles. The fraction of sp³-hybridized carbons (Fsp3) is 0.500. The van der Waals surface area contributed by atoms with Crippen LogP contribution in [0.1, 0.15) is 83.7 Å². The number of nitrogens with two attached hydrogens (primary N) is 2. The zero-order chi connectivity index (χ0) is 50.3. The minimum Gasteiger partial charge on any atom is -0.496 e. The second-order valence-corrected chi connectivity index (χ2v) is 20.8. The van der Waals surface area contributed by atoms with Crippen molar-refractivity contribution in [3.63, 3.8) is 0 Å². The average Bonchev–Trinajstić information content (AvgIpc) is 3.33. The molecular formula is C44H60ClF2N11O9S2. The summed E-state index contributed by atoms with van der Waals surface area (Å²) >= 11 is 5.60. The van der Waals surface area contributed by atoms with Crippen molar-refractivity contribution in [1.82, 2.24) is 33.9 Å². The van der Waals surface area contributed by atoms with Gasteiger partial charge in [-0.25, -0.2) is 44.2 Å². The third-order valence-electron chi connectivity index (χ3n) is 11.6. The van der Waals surface area contributed by atoms with Crippen LogP contribution in [0.15, 0.2) is 48.8 Å². The molecule has 8 N–H and O–H groups in total. The van der Waals surface area contributed by atoms with E-state index in [9.17, 15) is 40.3 Å². The van der Waals surface area contributed by atoms with E-state index in [2.05, 4.69) is 35.9 Å². The number of methoxy groups -OCH3 is 2. The van der Waals surface area contributed by atoms with Crippen LogP contribution in [0.2, 0.25) is 0 Å². The van der Waals surface area contributed by atoms with Crippen LogP contribution in [-0.2, 0) is 20.0 Å². The number of anilines is 4. The van der Waals surface area contributed by atoms with Gasteiger partial charge >= 0.3 is 0 Å².